The lowest BCUT2D eigenvalue weighted by molar-refractivity contribution is 0.431. The van der Waals surface area contributed by atoms with Crippen molar-refractivity contribution in [3.05, 3.63) is 47.5 Å². The number of phenols is 1. The molecule has 5 heteroatoms. The fraction of sp³-hybridized carbons (Fsp3) is 0.250. The average molecular weight is 235 g/mol. The van der Waals surface area contributed by atoms with Crippen LogP contribution in [0.4, 0.5) is 4.39 Å². The third-order valence-corrected chi connectivity index (χ3v) is 2.64. The van der Waals surface area contributed by atoms with Crippen molar-refractivity contribution in [2.24, 2.45) is 0 Å². The topological polar surface area (TPSA) is 60.9 Å². The molecule has 1 atom stereocenters. The first kappa shape index (κ1) is 11.6. The Morgan fingerprint density at radius 3 is 3.00 bits per heavy atom. The molecule has 0 saturated carbocycles. The van der Waals surface area contributed by atoms with Gasteiger partial charge in [-0.25, -0.2) is 4.39 Å². The second-order valence-corrected chi connectivity index (χ2v) is 3.92. The third-order valence-electron chi connectivity index (χ3n) is 2.64. The number of nitrogens with one attached hydrogen (secondary N) is 2. The van der Waals surface area contributed by atoms with Crippen LogP contribution in [0.25, 0.3) is 0 Å². The molecule has 17 heavy (non-hydrogen) atoms. The molecule has 0 aliphatic rings. The van der Waals surface area contributed by atoms with Gasteiger partial charge < -0.3 is 10.4 Å². The molecule has 0 fully saturated rings. The smallest absolute Gasteiger partial charge is 0.165 e. The van der Waals surface area contributed by atoms with E-state index in [1.807, 2.05) is 13.1 Å². The first-order chi connectivity index (χ1) is 8.16. The molecular weight excluding hydrogens is 221 g/mol. The van der Waals surface area contributed by atoms with Crippen LogP contribution < -0.4 is 5.32 Å². The van der Waals surface area contributed by atoms with E-state index in [2.05, 4.69) is 15.5 Å². The van der Waals surface area contributed by atoms with E-state index in [0.29, 0.717) is 6.54 Å². The van der Waals surface area contributed by atoms with Gasteiger partial charge in [0.25, 0.3) is 0 Å². The van der Waals surface area contributed by atoms with Crippen molar-refractivity contribution >= 4 is 0 Å². The van der Waals surface area contributed by atoms with E-state index in [1.165, 1.54) is 12.1 Å². The molecular formula is C12H14FN3O. The average Bonchev–Trinajstić information content (AvgIpc) is 2.84. The van der Waals surface area contributed by atoms with Gasteiger partial charge in [0.1, 0.15) is 0 Å². The van der Waals surface area contributed by atoms with Gasteiger partial charge in [-0.2, -0.15) is 5.10 Å². The van der Waals surface area contributed by atoms with Crippen LogP contribution in [0.1, 0.15) is 24.1 Å². The lowest BCUT2D eigenvalue weighted by atomic mass is 10.1. The fourth-order valence-electron chi connectivity index (χ4n) is 1.55. The van der Waals surface area contributed by atoms with Gasteiger partial charge in [0.15, 0.2) is 11.6 Å². The number of nitrogens with zero attached hydrogens (tertiary/aromatic N) is 1. The number of aromatic amines is 1. The van der Waals surface area contributed by atoms with Gasteiger partial charge in [0, 0.05) is 24.3 Å². The highest BCUT2D eigenvalue weighted by atomic mass is 19.1. The SMILES string of the molecule is CC(NCc1ccc(O)c(F)c1)c1cn[nH]c1. The summed E-state index contributed by atoms with van der Waals surface area (Å²) in [6.07, 6.45) is 3.56. The molecule has 0 amide bonds. The molecule has 90 valence electrons. The van der Waals surface area contributed by atoms with Crippen LogP contribution in [0, 0.1) is 5.82 Å². The zero-order chi connectivity index (χ0) is 12.3. The van der Waals surface area contributed by atoms with Gasteiger partial charge in [-0.1, -0.05) is 6.07 Å². The van der Waals surface area contributed by atoms with Gasteiger partial charge in [0.2, 0.25) is 0 Å². The van der Waals surface area contributed by atoms with Crippen LogP contribution in [0.2, 0.25) is 0 Å². The Morgan fingerprint density at radius 1 is 1.53 bits per heavy atom. The third kappa shape index (κ3) is 2.82. The maximum atomic E-state index is 13.1. The van der Waals surface area contributed by atoms with Crippen LogP contribution >= 0.6 is 0 Å². The minimum atomic E-state index is -0.597. The van der Waals surface area contributed by atoms with Crippen LogP contribution in [0.5, 0.6) is 5.75 Å². The van der Waals surface area contributed by atoms with Crippen LogP contribution in [-0.4, -0.2) is 15.3 Å². The zero-order valence-electron chi connectivity index (χ0n) is 9.44. The first-order valence-electron chi connectivity index (χ1n) is 5.36. The lowest BCUT2D eigenvalue weighted by Gasteiger charge is -2.12. The van der Waals surface area contributed by atoms with Crippen molar-refractivity contribution in [2.75, 3.05) is 0 Å². The summed E-state index contributed by atoms with van der Waals surface area (Å²) in [6, 6.07) is 4.50. The molecule has 1 aromatic heterocycles. The van der Waals surface area contributed by atoms with Crippen molar-refractivity contribution < 1.29 is 9.50 Å². The largest absolute Gasteiger partial charge is 0.505 e. The van der Waals surface area contributed by atoms with E-state index < -0.39 is 5.82 Å². The fourth-order valence-corrected chi connectivity index (χ4v) is 1.55. The van der Waals surface area contributed by atoms with Gasteiger partial charge >= 0.3 is 0 Å². The van der Waals surface area contributed by atoms with Gasteiger partial charge in [-0.3, -0.25) is 5.10 Å². The Hall–Kier alpha value is -1.88. The second-order valence-electron chi connectivity index (χ2n) is 3.92. The van der Waals surface area contributed by atoms with Crippen molar-refractivity contribution in [3.63, 3.8) is 0 Å². The summed E-state index contributed by atoms with van der Waals surface area (Å²) >= 11 is 0. The summed E-state index contributed by atoms with van der Waals surface area (Å²) in [7, 11) is 0. The highest BCUT2D eigenvalue weighted by molar-refractivity contribution is 5.28. The predicted octanol–water partition coefficient (Wildman–Crippen LogP) is 2.11. The van der Waals surface area contributed by atoms with E-state index in [-0.39, 0.29) is 11.8 Å². The Morgan fingerprint density at radius 2 is 2.35 bits per heavy atom. The zero-order valence-corrected chi connectivity index (χ0v) is 9.44. The molecule has 0 aliphatic carbocycles. The highest BCUT2D eigenvalue weighted by Gasteiger charge is 2.06. The van der Waals surface area contributed by atoms with Crippen molar-refractivity contribution in [1.29, 1.82) is 0 Å². The van der Waals surface area contributed by atoms with Crippen LogP contribution in [-0.2, 0) is 6.54 Å². The van der Waals surface area contributed by atoms with Crippen molar-refractivity contribution in [2.45, 2.75) is 19.5 Å². The number of hydrogen-bond acceptors (Lipinski definition) is 3. The number of aromatic nitrogens is 2. The quantitative estimate of drug-likeness (QED) is 0.760. The van der Waals surface area contributed by atoms with Gasteiger partial charge in [-0.15, -0.1) is 0 Å². The number of hydrogen-bond donors (Lipinski definition) is 3. The predicted molar refractivity (Wildman–Crippen MR) is 61.9 cm³/mol. The van der Waals surface area contributed by atoms with E-state index in [1.54, 1.807) is 12.3 Å². The number of H-pyrrole nitrogens is 1. The van der Waals surface area contributed by atoms with Crippen molar-refractivity contribution in [1.82, 2.24) is 15.5 Å². The summed E-state index contributed by atoms with van der Waals surface area (Å²) < 4.78 is 13.1. The maximum absolute atomic E-state index is 13.1. The highest BCUT2D eigenvalue weighted by Crippen LogP contribution is 2.17. The molecule has 0 radical (unpaired) electrons. The first-order valence-corrected chi connectivity index (χ1v) is 5.36. The number of phenolic OH excluding ortho intramolecular Hbond substituents is 1. The van der Waals surface area contributed by atoms with E-state index in [0.717, 1.165) is 11.1 Å². The summed E-state index contributed by atoms with van der Waals surface area (Å²) in [5.74, 6) is -0.920. The molecule has 0 aliphatic heterocycles. The molecule has 0 spiro atoms. The summed E-state index contributed by atoms with van der Waals surface area (Å²) in [4.78, 5) is 0. The van der Waals surface area contributed by atoms with Crippen LogP contribution in [0.15, 0.2) is 30.6 Å². The van der Waals surface area contributed by atoms with E-state index in [9.17, 15) is 4.39 Å². The number of aromatic hydroxyl groups is 1. The Bertz CT molecular complexity index is 485. The standard InChI is InChI=1S/C12H14FN3O/c1-8(10-6-15-16-7-10)14-5-9-2-3-12(17)11(13)4-9/h2-4,6-8,14,17H,5H2,1H3,(H,15,16). The number of benzene rings is 1. The Kier molecular flexibility index (Phi) is 3.39. The van der Waals surface area contributed by atoms with Gasteiger partial charge in [-0.05, 0) is 24.6 Å². The molecule has 1 heterocycles. The lowest BCUT2D eigenvalue weighted by Crippen LogP contribution is -2.17. The normalized spacial score (nSPS) is 12.6. The minimum absolute atomic E-state index is 0.130. The molecule has 2 aromatic rings. The Balaban J connectivity index is 1.96. The Labute approximate surface area is 98.5 Å². The molecule has 4 nitrogen and oxygen atoms in total. The molecule has 2 rings (SSSR count). The van der Waals surface area contributed by atoms with E-state index >= 15 is 0 Å². The second kappa shape index (κ2) is 4.97. The maximum Gasteiger partial charge on any atom is 0.165 e. The van der Waals surface area contributed by atoms with Gasteiger partial charge in [0.05, 0.1) is 6.20 Å². The summed E-state index contributed by atoms with van der Waals surface area (Å²) in [5, 5.41) is 18.9. The van der Waals surface area contributed by atoms with Crippen molar-refractivity contribution in [3.8, 4) is 5.75 Å². The van der Waals surface area contributed by atoms with Crippen LogP contribution in [0.3, 0.4) is 0 Å². The minimum Gasteiger partial charge on any atom is -0.505 e. The molecule has 0 saturated heterocycles. The summed E-state index contributed by atoms with van der Waals surface area (Å²) in [5.41, 5.74) is 1.83. The van der Waals surface area contributed by atoms with E-state index in [4.69, 9.17) is 5.11 Å². The number of rotatable bonds is 4. The monoisotopic (exact) mass is 235 g/mol. The molecule has 1 unspecified atom stereocenters. The molecule has 1 aromatic carbocycles. The molecule has 0 bridgehead atoms. The number of halogens is 1. The summed E-state index contributed by atoms with van der Waals surface area (Å²) in [6.45, 7) is 2.53. The molecule has 3 N–H and O–H groups in total.